The number of nitrogens with zero attached hydrogens (tertiary/aromatic N) is 2. The molecule has 0 amide bonds. The van der Waals surface area contributed by atoms with Gasteiger partial charge in [-0.25, -0.2) is 0 Å². The normalized spacial score (nSPS) is 19.0. The monoisotopic (exact) mass is 622 g/mol. The largest absolute Gasteiger partial charge is 0.313 e. The molecule has 47 heavy (non-hydrogen) atoms. The van der Waals surface area contributed by atoms with Crippen molar-refractivity contribution in [2.75, 3.05) is 0 Å². The lowest BCUT2D eigenvalue weighted by atomic mass is 9.67. The van der Waals surface area contributed by atoms with Crippen molar-refractivity contribution in [2.24, 2.45) is 11.3 Å². The molecule has 0 saturated carbocycles. The second kappa shape index (κ2) is 9.94. The van der Waals surface area contributed by atoms with Crippen molar-refractivity contribution < 1.29 is 0 Å². The summed E-state index contributed by atoms with van der Waals surface area (Å²) in [4.78, 5) is 0. The van der Waals surface area contributed by atoms with Gasteiger partial charge in [0.1, 0.15) is 0 Å². The molecule has 3 heteroatoms. The zero-order valence-corrected chi connectivity index (χ0v) is 27.4. The van der Waals surface area contributed by atoms with Crippen molar-refractivity contribution in [2.45, 2.75) is 26.7 Å². The first-order chi connectivity index (χ1) is 23.1. The van der Waals surface area contributed by atoms with Gasteiger partial charge in [-0.1, -0.05) is 110 Å². The molecular weight excluding hydrogens is 589 g/mol. The topological polar surface area (TPSA) is 9.86 Å². The van der Waals surface area contributed by atoms with Gasteiger partial charge < -0.3 is 9.13 Å². The molecular formula is C44H34N2S. The second-order valence-electron chi connectivity index (χ2n) is 13.6. The Morgan fingerprint density at radius 3 is 2.19 bits per heavy atom. The van der Waals surface area contributed by atoms with E-state index in [0.717, 1.165) is 12.8 Å². The summed E-state index contributed by atoms with van der Waals surface area (Å²) in [5.74, 6) is 0.422. The van der Waals surface area contributed by atoms with E-state index < -0.39 is 0 Å². The minimum absolute atomic E-state index is 0.118. The molecule has 2 aliphatic carbocycles. The van der Waals surface area contributed by atoms with Crippen molar-refractivity contribution in [3.63, 3.8) is 0 Å². The Hall–Kier alpha value is -5.12. The molecule has 10 rings (SSSR count). The highest BCUT2D eigenvalue weighted by atomic mass is 32.1. The summed E-state index contributed by atoms with van der Waals surface area (Å²) in [7, 11) is 0. The fourth-order valence-corrected chi connectivity index (χ4v) is 9.88. The second-order valence-corrected chi connectivity index (χ2v) is 14.7. The number of allylic oxidation sites excluding steroid dienone is 2. The minimum atomic E-state index is -0.118. The van der Waals surface area contributed by atoms with Gasteiger partial charge in [0.15, 0.2) is 0 Å². The smallest absolute Gasteiger partial charge is 0.0555 e. The van der Waals surface area contributed by atoms with Crippen molar-refractivity contribution in [3.05, 3.63) is 155 Å². The van der Waals surface area contributed by atoms with Crippen LogP contribution in [-0.4, -0.2) is 9.13 Å². The van der Waals surface area contributed by atoms with E-state index >= 15 is 0 Å². The third-order valence-electron chi connectivity index (χ3n) is 10.8. The zero-order valence-electron chi connectivity index (χ0n) is 26.6. The van der Waals surface area contributed by atoms with Crippen LogP contribution in [-0.2, 0) is 12.8 Å². The van der Waals surface area contributed by atoms with Gasteiger partial charge in [0.2, 0.25) is 0 Å². The molecule has 0 N–H and O–H groups in total. The SMILES string of the molecule is CC1Cc2c(n(-c3cccc4sc5ccccc5c34)c3ccccc23)C=C1C1(C)C=Cc2c(n(-c3ccccc3)c3ccccc23)C1. The Labute approximate surface area is 278 Å². The fraction of sp³-hybridized carbons (Fsp3) is 0.136. The van der Waals surface area contributed by atoms with Crippen LogP contribution in [0.5, 0.6) is 0 Å². The lowest BCUT2D eigenvalue weighted by Gasteiger charge is -2.38. The van der Waals surface area contributed by atoms with Crippen molar-refractivity contribution in [1.82, 2.24) is 9.13 Å². The van der Waals surface area contributed by atoms with E-state index in [1.807, 2.05) is 11.3 Å². The molecule has 3 aromatic heterocycles. The predicted molar refractivity (Wildman–Crippen MR) is 201 cm³/mol. The maximum atomic E-state index is 2.57. The fourth-order valence-electron chi connectivity index (χ4n) is 8.75. The van der Waals surface area contributed by atoms with Gasteiger partial charge in [-0.3, -0.25) is 0 Å². The quantitative estimate of drug-likeness (QED) is 0.186. The van der Waals surface area contributed by atoms with E-state index in [4.69, 9.17) is 0 Å². The third-order valence-corrected chi connectivity index (χ3v) is 12.0. The van der Waals surface area contributed by atoms with Crippen molar-refractivity contribution in [1.29, 1.82) is 0 Å². The molecule has 226 valence electrons. The van der Waals surface area contributed by atoms with Gasteiger partial charge in [-0.2, -0.15) is 0 Å². The van der Waals surface area contributed by atoms with Crippen LogP contribution in [0.1, 0.15) is 36.4 Å². The first-order valence-corrected chi connectivity index (χ1v) is 17.5. The van der Waals surface area contributed by atoms with E-state index in [1.54, 1.807) is 0 Å². The summed E-state index contributed by atoms with van der Waals surface area (Å²) in [5, 5.41) is 5.39. The molecule has 2 nitrogen and oxygen atoms in total. The Kier molecular flexibility index (Phi) is 5.72. The van der Waals surface area contributed by atoms with Gasteiger partial charge >= 0.3 is 0 Å². The molecule has 0 fully saturated rings. The van der Waals surface area contributed by atoms with Gasteiger partial charge in [-0.05, 0) is 66.4 Å². The average molecular weight is 623 g/mol. The summed E-state index contributed by atoms with van der Waals surface area (Å²) in [6.07, 6.45) is 9.48. The number of hydrogen-bond acceptors (Lipinski definition) is 1. The Bertz CT molecular complexity index is 2610. The number of thiophene rings is 1. The van der Waals surface area contributed by atoms with Crippen LogP contribution in [0.15, 0.2) is 133 Å². The molecule has 2 atom stereocenters. The van der Waals surface area contributed by atoms with Gasteiger partial charge in [0, 0.05) is 59.7 Å². The highest BCUT2D eigenvalue weighted by Crippen LogP contribution is 2.50. The molecule has 0 aliphatic heterocycles. The predicted octanol–water partition coefficient (Wildman–Crippen LogP) is 11.8. The van der Waals surface area contributed by atoms with Crippen LogP contribution in [0.25, 0.3) is 65.5 Å². The van der Waals surface area contributed by atoms with E-state index in [0.29, 0.717) is 5.92 Å². The van der Waals surface area contributed by atoms with Crippen molar-refractivity contribution >= 4 is 65.5 Å². The van der Waals surface area contributed by atoms with Gasteiger partial charge in [-0.15, -0.1) is 11.3 Å². The van der Waals surface area contributed by atoms with Crippen LogP contribution in [0.3, 0.4) is 0 Å². The first-order valence-electron chi connectivity index (χ1n) is 16.7. The Balaban J connectivity index is 1.20. The van der Waals surface area contributed by atoms with Crippen molar-refractivity contribution in [3.8, 4) is 11.4 Å². The summed E-state index contributed by atoms with van der Waals surface area (Å²) in [5.41, 5.74) is 12.0. The number of para-hydroxylation sites is 3. The standard InChI is InChI=1S/C44H34N2S/c1-28-25-34-31-16-7-10-19-37(31)46(38-20-12-22-42-43(38)33-17-8-11-21-41(33)47-42)39(34)26-35(28)44(2)24-23-32-30-15-6-9-18-36(30)45(40(32)27-44)29-13-4-3-5-14-29/h3-24,26,28H,25,27H2,1-2H3. The van der Waals surface area contributed by atoms with E-state index in [2.05, 4.69) is 163 Å². The van der Waals surface area contributed by atoms with Crippen LogP contribution < -0.4 is 0 Å². The Morgan fingerprint density at radius 1 is 0.681 bits per heavy atom. The molecule has 5 aromatic carbocycles. The third kappa shape index (κ3) is 3.84. The number of aromatic nitrogens is 2. The highest BCUT2D eigenvalue weighted by molar-refractivity contribution is 7.25. The van der Waals surface area contributed by atoms with Crippen LogP contribution in [0.4, 0.5) is 0 Å². The molecule has 0 spiro atoms. The highest BCUT2D eigenvalue weighted by Gasteiger charge is 2.38. The summed E-state index contributed by atoms with van der Waals surface area (Å²) in [6, 6.07) is 44.5. The number of fused-ring (bicyclic) bond motifs is 9. The van der Waals surface area contributed by atoms with Gasteiger partial charge in [0.05, 0.1) is 22.4 Å². The number of benzene rings is 5. The van der Waals surface area contributed by atoms with E-state index in [1.165, 1.54) is 81.4 Å². The maximum absolute atomic E-state index is 2.57. The first kappa shape index (κ1) is 27.0. The molecule has 3 heterocycles. The molecule has 0 bridgehead atoms. The molecule has 8 aromatic rings. The zero-order chi connectivity index (χ0) is 31.3. The Morgan fingerprint density at radius 2 is 1.36 bits per heavy atom. The van der Waals surface area contributed by atoms with Crippen LogP contribution in [0, 0.1) is 11.3 Å². The van der Waals surface area contributed by atoms with Gasteiger partial charge in [0.25, 0.3) is 0 Å². The lowest BCUT2D eigenvalue weighted by molar-refractivity contribution is 0.434. The maximum Gasteiger partial charge on any atom is 0.0555 e. The minimum Gasteiger partial charge on any atom is -0.313 e. The number of hydrogen-bond donors (Lipinski definition) is 0. The summed E-state index contributed by atoms with van der Waals surface area (Å²) in [6.45, 7) is 4.90. The number of rotatable bonds is 3. The van der Waals surface area contributed by atoms with Crippen LogP contribution >= 0.6 is 11.3 Å². The molecule has 0 radical (unpaired) electrons. The molecule has 2 aliphatic rings. The van der Waals surface area contributed by atoms with Crippen LogP contribution in [0.2, 0.25) is 0 Å². The lowest BCUT2D eigenvalue weighted by Crippen LogP contribution is -2.29. The summed E-state index contributed by atoms with van der Waals surface area (Å²) < 4.78 is 7.76. The molecule has 0 saturated heterocycles. The molecule has 2 unspecified atom stereocenters. The van der Waals surface area contributed by atoms with E-state index in [9.17, 15) is 0 Å². The summed E-state index contributed by atoms with van der Waals surface area (Å²) >= 11 is 1.89. The van der Waals surface area contributed by atoms with E-state index in [-0.39, 0.29) is 5.41 Å². The average Bonchev–Trinajstić information content (AvgIpc) is 3.75.